The lowest BCUT2D eigenvalue weighted by molar-refractivity contribution is -0.151. The van der Waals surface area contributed by atoms with Crippen LogP contribution in [0.4, 0.5) is 0 Å². The topological polar surface area (TPSA) is 29.5 Å². The first-order valence-corrected chi connectivity index (χ1v) is 8.63. The third-order valence-corrected chi connectivity index (χ3v) is 4.85. The number of likely N-dealkylation sites (N-methyl/N-ethyl adjacent to an activating group) is 1. The Balaban J connectivity index is 1.85. The van der Waals surface area contributed by atoms with E-state index in [1.54, 1.807) is 0 Å². The minimum absolute atomic E-state index is 0.0116. The zero-order chi connectivity index (χ0) is 16.9. The van der Waals surface area contributed by atoms with E-state index in [-0.39, 0.29) is 18.0 Å². The molecular formula is C21H25NO2. The molecule has 0 N–H and O–H groups in total. The molecule has 1 aliphatic rings. The summed E-state index contributed by atoms with van der Waals surface area (Å²) in [6, 6.07) is 20.1. The lowest BCUT2D eigenvalue weighted by Gasteiger charge is -2.27. The van der Waals surface area contributed by atoms with E-state index < -0.39 is 0 Å². The predicted molar refractivity (Wildman–Crippen MR) is 95.9 cm³/mol. The van der Waals surface area contributed by atoms with Gasteiger partial charge in [0, 0.05) is 6.04 Å². The lowest BCUT2D eigenvalue weighted by atomic mass is 9.91. The van der Waals surface area contributed by atoms with Gasteiger partial charge in [0.2, 0.25) is 0 Å². The second kappa shape index (κ2) is 7.63. The van der Waals surface area contributed by atoms with E-state index in [0.29, 0.717) is 6.04 Å². The van der Waals surface area contributed by atoms with Crippen molar-refractivity contribution in [2.45, 2.75) is 37.3 Å². The quantitative estimate of drug-likeness (QED) is 0.783. The molecular weight excluding hydrogens is 298 g/mol. The van der Waals surface area contributed by atoms with Gasteiger partial charge in [-0.3, -0.25) is 4.79 Å². The standard InChI is InChI=1S/C21H25NO2/c1-22(2)18-14-9-15-19(18)24-21(23)20(16-10-5-3-6-11-16)17-12-7-4-8-13-17/h3-8,10-13,18-20H,9,14-15H2,1-2H3/t18-,19-/m0/s1. The maximum Gasteiger partial charge on any atom is 0.318 e. The van der Waals surface area contributed by atoms with Crippen LogP contribution in [0.1, 0.15) is 36.3 Å². The third-order valence-electron chi connectivity index (χ3n) is 4.85. The smallest absolute Gasteiger partial charge is 0.318 e. The van der Waals surface area contributed by atoms with Crippen LogP contribution >= 0.6 is 0 Å². The molecule has 1 aliphatic carbocycles. The minimum Gasteiger partial charge on any atom is -0.460 e. The van der Waals surface area contributed by atoms with Crippen molar-refractivity contribution in [1.29, 1.82) is 0 Å². The van der Waals surface area contributed by atoms with Crippen molar-refractivity contribution in [1.82, 2.24) is 4.90 Å². The van der Waals surface area contributed by atoms with E-state index in [0.717, 1.165) is 30.4 Å². The fourth-order valence-corrected chi connectivity index (χ4v) is 3.61. The van der Waals surface area contributed by atoms with Gasteiger partial charge in [-0.2, -0.15) is 0 Å². The van der Waals surface area contributed by atoms with Crippen molar-refractivity contribution >= 4 is 5.97 Å². The van der Waals surface area contributed by atoms with Crippen LogP contribution in [-0.2, 0) is 9.53 Å². The Morgan fingerprint density at radius 1 is 0.958 bits per heavy atom. The molecule has 1 saturated carbocycles. The van der Waals surface area contributed by atoms with E-state index in [1.165, 1.54) is 0 Å². The summed E-state index contributed by atoms with van der Waals surface area (Å²) < 4.78 is 5.98. The molecule has 1 fully saturated rings. The normalized spacial score (nSPS) is 20.5. The third kappa shape index (κ3) is 3.68. The molecule has 3 rings (SSSR count). The Labute approximate surface area is 144 Å². The summed E-state index contributed by atoms with van der Waals surface area (Å²) in [5.74, 6) is -0.512. The molecule has 0 aliphatic heterocycles. The first kappa shape index (κ1) is 16.7. The van der Waals surface area contributed by atoms with Gasteiger partial charge in [0.25, 0.3) is 0 Å². The average Bonchev–Trinajstić information content (AvgIpc) is 3.05. The van der Waals surface area contributed by atoms with Crippen molar-refractivity contribution in [2.24, 2.45) is 0 Å². The van der Waals surface area contributed by atoms with Gasteiger partial charge in [0.1, 0.15) is 12.0 Å². The SMILES string of the molecule is CN(C)[C@H]1CCC[C@@H]1OC(=O)C(c1ccccc1)c1ccccc1. The van der Waals surface area contributed by atoms with E-state index >= 15 is 0 Å². The second-order valence-electron chi connectivity index (χ2n) is 6.69. The van der Waals surface area contributed by atoms with E-state index in [1.807, 2.05) is 60.7 Å². The van der Waals surface area contributed by atoms with Crippen LogP contribution in [0.15, 0.2) is 60.7 Å². The molecule has 0 aromatic heterocycles. The molecule has 3 nitrogen and oxygen atoms in total. The van der Waals surface area contributed by atoms with E-state index in [9.17, 15) is 4.79 Å². The summed E-state index contributed by atoms with van der Waals surface area (Å²) in [7, 11) is 4.12. The van der Waals surface area contributed by atoms with Crippen LogP contribution in [0, 0.1) is 0 Å². The Kier molecular flexibility index (Phi) is 5.31. The molecule has 0 saturated heterocycles. The summed E-state index contributed by atoms with van der Waals surface area (Å²) in [6.07, 6.45) is 3.14. The second-order valence-corrected chi connectivity index (χ2v) is 6.69. The number of ether oxygens (including phenoxy) is 1. The number of carbonyl (C=O) groups excluding carboxylic acids is 1. The molecule has 0 spiro atoms. The number of hydrogen-bond acceptors (Lipinski definition) is 3. The molecule has 126 valence electrons. The highest BCUT2D eigenvalue weighted by Crippen LogP contribution is 2.30. The molecule has 2 aromatic rings. The van der Waals surface area contributed by atoms with Crippen LogP contribution in [0.3, 0.4) is 0 Å². The first-order chi connectivity index (χ1) is 11.7. The van der Waals surface area contributed by atoms with Crippen molar-refractivity contribution < 1.29 is 9.53 Å². The number of nitrogens with zero attached hydrogens (tertiary/aromatic N) is 1. The summed E-state index contributed by atoms with van der Waals surface area (Å²) >= 11 is 0. The van der Waals surface area contributed by atoms with Gasteiger partial charge in [0.15, 0.2) is 0 Å². The van der Waals surface area contributed by atoms with E-state index in [4.69, 9.17) is 4.74 Å². The minimum atomic E-state index is -0.365. The number of rotatable bonds is 5. The maximum atomic E-state index is 13.0. The van der Waals surface area contributed by atoms with Gasteiger partial charge < -0.3 is 9.64 Å². The van der Waals surface area contributed by atoms with Crippen molar-refractivity contribution in [3.05, 3.63) is 71.8 Å². The molecule has 0 bridgehead atoms. The Morgan fingerprint density at radius 2 is 1.50 bits per heavy atom. The first-order valence-electron chi connectivity index (χ1n) is 8.63. The molecule has 2 atom stereocenters. The zero-order valence-electron chi connectivity index (χ0n) is 14.4. The lowest BCUT2D eigenvalue weighted by Crippen LogP contribution is -2.38. The molecule has 0 radical (unpaired) electrons. The Morgan fingerprint density at radius 3 is 2.00 bits per heavy atom. The molecule has 0 heterocycles. The fraction of sp³-hybridized carbons (Fsp3) is 0.381. The predicted octanol–water partition coefficient (Wildman–Crippen LogP) is 3.84. The number of hydrogen-bond donors (Lipinski definition) is 0. The number of esters is 1. The molecule has 2 aromatic carbocycles. The van der Waals surface area contributed by atoms with Gasteiger partial charge in [0.05, 0.1) is 0 Å². The zero-order valence-corrected chi connectivity index (χ0v) is 14.4. The van der Waals surface area contributed by atoms with Crippen LogP contribution in [-0.4, -0.2) is 37.1 Å². The molecule has 3 heteroatoms. The Hall–Kier alpha value is -2.13. The highest BCUT2D eigenvalue weighted by molar-refractivity contribution is 5.82. The van der Waals surface area contributed by atoms with Gasteiger partial charge >= 0.3 is 5.97 Å². The highest BCUT2D eigenvalue weighted by atomic mass is 16.5. The summed E-state index contributed by atoms with van der Waals surface area (Å²) in [5, 5.41) is 0. The van der Waals surface area contributed by atoms with E-state index in [2.05, 4.69) is 19.0 Å². The maximum absolute atomic E-state index is 13.0. The fourth-order valence-electron chi connectivity index (χ4n) is 3.61. The van der Waals surface area contributed by atoms with Gasteiger partial charge in [-0.05, 0) is 44.5 Å². The number of benzene rings is 2. The summed E-state index contributed by atoms with van der Waals surface area (Å²) in [6.45, 7) is 0. The Bertz CT molecular complexity index is 615. The average molecular weight is 323 g/mol. The molecule has 24 heavy (non-hydrogen) atoms. The highest BCUT2D eigenvalue weighted by Gasteiger charge is 2.34. The monoisotopic (exact) mass is 323 g/mol. The molecule has 0 unspecified atom stereocenters. The van der Waals surface area contributed by atoms with Crippen LogP contribution < -0.4 is 0 Å². The van der Waals surface area contributed by atoms with Crippen LogP contribution in [0.2, 0.25) is 0 Å². The van der Waals surface area contributed by atoms with Gasteiger partial charge in [-0.1, -0.05) is 60.7 Å². The van der Waals surface area contributed by atoms with Crippen LogP contribution in [0.25, 0.3) is 0 Å². The van der Waals surface area contributed by atoms with Crippen LogP contribution in [0.5, 0.6) is 0 Å². The summed E-state index contributed by atoms with van der Waals surface area (Å²) in [5.41, 5.74) is 1.96. The molecule has 0 amide bonds. The van der Waals surface area contributed by atoms with Crippen molar-refractivity contribution in [3.8, 4) is 0 Å². The summed E-state index contributed by atoms with van der Waals surface area (Å²) in [4.78, 5) is 15.2. The van der Waals surface area contributed by atoms with Crippen molar-refractivity contribution in [2.75, 3.05) is 14.1 Å². The number of carbonyl (C=O) groups is 1. The van der Waals surface area contributed by atoms with Gasteiger partial charge in [-0.25, -0.2) is 0 Å². The largest absolute Gasteiger partial charge is 0.460 e. The van der Waals surface area contributed by atoms with Gasteiger partial charge in [-0.15, -0.1) is 0 Å². The van der Waals surface area contributed by atoms with Crippen molar-refractivity contribution in [3.63, 3.8) is 0 Å².